The van der Waals surface area contributed by atoms with Gasteiger partial charge in [0.1, 0.15) is 6.61 Å². The van der Waals surface area contributed by atoms with Gasteiger partial charge in [0.05, 0.1) is 40.2 Å². The zero-order valence-electron chi connectivity index (χ0n) is 18.3. The fourth-order valence-electron chi connectivity index (χ4n) is 3.50. The van der Waals surface area contributed by atoms with E-state index in [9.17, 15) is 5.26 Å². The molecule has 1 aromatic heterocycles. The van der Waals surface area contributed by atoms with Crippen LogP contribution in [-0.2, 0) is 13.2 Å². The molecular formula is C26H20Cl2IN3O2. The van der Waals surface area contributed by atoms with Crippen LogP contribution in [0.5, 0.6) is 11.5 Å². The molecular weight excluding hydrogens is 584 g/mol. The van der Waals surface area contributed by atoms with Crippen LogP contribution in [0, 0.1) is 14.9 Å². The summed E-state index contributed by atoms with van der Waals surface area (Å²) in [7, 11) is 0. The van der Waals surface area contributed by atoms with Crippen molar-refractivity contribution in [3.63, 3.8) is 0 Å². The number of rotatable bonds is 8. The largest absolute Gasteiger partial charge is 0.490 e. The van der Waals surface area contributed by atoms with Crippen molar-refractivity contribution in [3.05, 3.63) is 91.2 Å². The van der Waals surface area contributed by atoms with E-state index in [4.69, 9.17) is 32.7 Å². The van der Waals surface area contributed by atoms with Crippen LogP contribution < -0.4 is 9.47 Å². The van der Waals surface area contributed by atoms with Crippen LogP contribution in [0.2, 0.25) is 10.0 Å². The molecule has 4 aromatic rings. The molecule has 0 saturated carbocycles. The second-order valence-electron chi connectivity index (χ2n) is 7.43. The fourth-order valence-corrected chi connectivity index (χ4v) is 4.74. The number of aromatic nitrogens is 2. The van der Waals surface area contributed by atoms with Crippen molar-refractivity contribution in [3.8, 4) is 17.6 Å². The fraction of sp³-hybridized carbons (Fsp3) is 0.154. The number of halogens is 3. The molecule has 0 aliphatic rings. The van der Waals surface area contributed by atoms with E-state index < -0.39 is 0 Å². The van der Waals surface area contributed by atoms with Gasteiger partial charge in [-0.15, -0.1) is 0 Å². The Morgan fingerprint density at radius 3 is 2.74 bits per heavy atom. The average molecular weight is 604 g/mol. The Kier molecular flexibility index (Phi) is 7.99. The molecule has 0 spiro atoms. The summed E-state index contributed by atoms with van der Waals surface area (Å²) in [6.45, 7) is 3.09. The number of hydrogen-bond donors (Lipinski definition) is 0. The number of imidazole rings is 1. The van der Waals surface area contributed by atoms with E-state index in [0.717, 1.165) is 25.7 Å². The Morgan fingerprint density at radius 2 is 1.97 bits per heavy atom. The Bertz CT molecular complexity index is 1410. The number of nitrogens with zero attached hydrogens (tertiary/aromatic N) is 3. The van der Waals surface area contributed by atoms with Gasteiger partial charge < -0.3 is 14.0 Å². The van der Waals surface area contributed by atoms with Gasteiger partial charge >= 0.3 is 0 Å². The molecule has 0 atom stereocenters. The highest BCUT2D eigenvalue weighted by atomic mass is 127. The lowest BCUT2D eigenvalue weighted by molar-refractivity contribution is 0.267. The van der Waals surface area contributed by atoms with Crippen LogP contribution in [0.1, 0.15) is 18.1 Å². The van der Waals surface area contributed by atoms with E-state index in [2.05, 4.69) is 33.6 Å². The first-order valence-electron chi connectivity index (χ1n) is 10.5. The van der Waals surface area contributed by atoms with Crippen molar-refractivity contribution < 1.29 is 9.47 Å². The predicted molar refractivity (Wildman–Crippen MR) is 144 cm³/mol. The standard InChI is InChI=1S/C26H20Cl2IN3O2/c1-2-33-25-11-17(9-18(13-30)14-32-16-31-23-5-3-4-6-24(23)32)10-22(29)26(25)34-15-19-7-8-20(27)12-21(19)28/h3-12,16H,2,14-15H2,1H3/b18-9-. The molecule has 0 amide bonds. The van der Waals surface area contributed by atoms with Crippen LogP contribution in [0.25, 0.3) is 17.1 Å². The van der Waals surface area contributed by atoms with Gasteiger partial charge in [0.25, 0.3) is 0 Å². The van der Waals surface area contributed by atoms with E-state index in [1.54, 1.807) is 18.5 Å². The van der Waals surface area contributed by atoms with Crippen LogP contribution >= 0.6 is 45.8 Å². The summed E-state index contributed by atoms with van der Waals surface area (Å²) in [5.41, 5.74) is 4.16. The molecule has 0 bridgehead atoms. The van der Waals surface area contributed by atoms with Crippen molar-refractivity contribution >= 4 is 62.9 Å². The molecule has 5 nitrogen and oxygen atoms in total. The number of nitriles is 1. The summed E-state index contributed by atoms with van der Waals surface area (Å²) >= 11 is 14.5. The first-order chi connectivity index (χ1) is 16.5. The summed E-state index contributed by atoms with van der Waals surface area (Å²) in [6, 6.07) is 19.3. The third kappa shape index (κ3) is 5.66. The molecule has 0 fully saturated rings. The smallest absolute Gasteiger partial charge is 0.175 e. The molecule has 0 aliphatic carbocycles. The van der Waals surface area contributed by atoms with Crippen molar-refractivity contribution in [2.75, 3.05) is 6.61 Å². The Hall–Kier alpha value is -2.73. The van der Waals surface area contributed by atoms with E-state index in [1.807, 2.05) is 60.0 Å². The minimum absolute atomic E-state index is 0.276. The number of ether oxygens (including phenoxy) is 2. The van der Waals surface area contributed by atoms with Crippen molar-refractivity contribution in [1.82, 2.24) is 9.55 Å². The number of hydrogen-bond acceptors (Lipinski definition) is 4. The molecule has 0 unspecified atom stereocenters. The topological polar surface area (TPSA) is 60.1 Å². The lowest BCUT2D eigenvalue weighted by Crippen LogP contribution is -2.03. The molecule has 4 rings (SSSR count). The minimum Gasteiger partial charge on any atom is -0.490 e. The lowest BCUT2D eigenvalue weighted by Gasteiger charge is -2.15. The number of para-hydroxylation sites is 2. The summed E-state index contributed by atoms with van der Waals surface area (Å²) in [5.74, 6) is 1.24. The van der Waals surface area contributed by atoms with Crippen molar-refractivity contribution in [1.29, 1.82) is 5.26 Å². The normalized spacial score (nSPS) is 11.4. The Labute approximate surface area is 221 Å². The summed E-state index contributed by atoms with van der Waals surface area (Å²) in [4.78, 5) is 4.41. The van der Waals surface area contributed by atoms with Crippen LogP contribution in [0.4, 0.5) is 0 Å². The summed E-state index contributed by atoms with van der Waals surface area (Å²) < 4.78 is 14.8. The van der Waals surface area contributed by atoms with Gasteiger partial charge in [0.2, 0.25) is 0 Å². The predicted octanol–water partition coefficient (Wildman–Crippen LogP) is 7.53. The van der Waals surface area contributed by atoms with Gasteiger partial charge in [-0.2, -0.15) is 5.26 Å². The minimum atomic E-state index is 0.276. The first-order valence-corrected chi connectivity index (χ1v) is 12.4. The monoisotopic (exact) mass is 603 g/mol. The van der Waals surface area contributed by atoms with Gasteiger partial charge in [-0.3, -0.25) is 0 Å². The third-order valence-corrected chi connectivity index (χ3v) is 6.46. The van der Waals surface area contributed by atoms with E-state index in [0.29, 0.717) is 40.3 Å². The van der Waals surface area contributed by atoms with E-state index in [-0.39, 0.29) is 6.61 Å². The lowest BCUT2D eigenvalue weighted by atomic mass is 10.1. The highest BCUT2D eigenvalue weighted by Gasteiger charge is 2.14. The Balaban J connectivity index is 1.60. The molecule has 1 heterocycles. The maximum Gasteiger partial charge on any atom is 0.175 e. The van der Waals surface area contributed by atoms with Gasteiger partial charge in [0, 0.05) is 21.2 Å². The second-order valence-corrected chi connectivity index (χ2v) is 9.44. The number of allylic oxidation sites excluding steroid dienone is 1. The summed E-state index contributed by atoms with van der Waals surface area (Å²) in [5, 5.41) is 10.9. The highest BCUT2D eigenvalue weighted by Crippen LogP contribution is 2.36. The third-order valence-electron chi connectivity index (χ3n) is 5.07. The molecule has 0 aliphatic heterocycles. The summed E-state index contributed by atoms with van der Waals surface area (Å²) in [6.07, 6.45) is 3.61. The maximum absolute atomic E-state index is 9.78. The van der Waals surface area contributed by atoms with E-state index in [1.165, 1.54) is 0 Å². The van der Waals surface area contributed by atoms with Crippen LogP contribution in [0.3, 0.4) is 0 Å². The van der Waals surface area contributed by atoms with Gasteiger partial charge in [0.15, 0.2) is 11.5 Å². The zero-order valence-corrected chi connectivity index (χ0v) is 21.9. The van der Waals surface area contributed by atoms with Gasteiger partial charge in [-0.1, -0.05) is 41.4 Å². The zero-order chi connectivity index (χ0) is 24.1. The molecule has 3 aromatic carbocycles. The molecule has 0 N–H and O–H groups in total. The SMILES string of the molecule is CCOc1cc(/C=C(/C#N)Cn2cnc3ccccc32)cc(I)c1OCc1ccc(Cl)cc1Cl. The van der Waals surface area contributed by atoms with Crippen molar-refractivity contribution in [2.45, 2.75) is 20.1 Å². The quantitative estimate of drug-likeness (QED) is 0.154. The molecule has 0 radical (unpaired) electrons. The first kappa shape index (κ1) is 24.4. The molecule has 34 heavy (non-hydrogen) atoms. The van der Waals surface area contributed by atoms with E-state index >= 15 is 0 Å². The maximum atomic E-state index is 9.78. The van der Waals surface area contributed by atoms with Crippen LogP contribution in [0.15, 0.2) is 66.5 Å². The van der Waals surface area contributed by atoms with Gasteiger partial charge in [-0.25, -0.2) is 4.98 Å². The molecule has 8 heteroatoms. The Morgan fingerprint density at radius 1 is 1.15 bits per heavy atom. The highest BCUT2D eigenvalue weighted by molar-refractivity contribution is 14.1. The second kappa shape index (κ2) is 11.1. The number of fused-ring (bicyclic) bond motifs is 1. The van der Waals surface area contributed by atoms with Gasteiger partial charge in [-0.05, 0) is 77.6 Å². The molecule has 172 valence electrons. The van der Waals surface area contributed by atoms with Crippen molar-refractivity contribution in [2.24, 2.45) is 0 Å². The average Bonchev–Trinajstić information content (AvgIpc) is 3.22. The number of benzene rings is 3. The molecule has 0 saturated heterocycles. The van der Waals surface area contributed by atoms with Crippen LogP contribution in [-0.4, -0.2) is 16.2 Å².